The van der Waals surface area contributed by atoms with Gasteiger partial charge in [0, 0.05) is 0 Å². The van der Waals surface area contributed by atoms with Crippen LogP contribution in [0, 0.1) is 0 Å². The number of rotatable bonds is 3. The van der Waals surface area contributed by atoms with E-state index in [1.807, 2.05) is 5.01 Å². The molecule has 1 amide bonds. The van der Waals surface area contributed by atoms with E-state index < -0.39 is 0 Å². The van der Waals surface area contributed by atoms with Gasteiger partial charge in [0.05, 0.1) is 31.1 Å². The third-order valence-corrected chi connectivity index (χ3v) is 2.36. The molecule has 1 aliphatic rings. The van der Waals surface area contributed by atoms with Gasteiger partial charge < -0.3 is 4.74 Å². The van der Waals surface area contributed by atoms with Crippen molar-refractivity contribution in [3.63, 3.8) is 0 Å². The molecule has 2 rings (SSSR count). The van der Waals surface area contributed by atoms with E-state index in [0.717, 1.165) is 13.1 Å². The quantitative estimate of drug-likeness (QED) is 0.554. The lowest BCUT2D eigenvalue weighted by molar-refractivity contribution is -0.759. The standard InChI is InChI=1S/C8H11ClN4O3/c9-5-7(14)10-8-6-13(11-16-8)12-1-3-15-4-2-12/h6H,1-5H2/p+1. The Morgan fingerprint density at radius 1 is 1.62 bits per heavy atom. The summed E-state index contributed by atoms with van der Waals surface area (Å²) in [6.07, 6.45) is 1.59. The summed E-state index contributed by atoms with van der Waals surface area (Å²) in [5.74, 6) is -0.165. The summed E-state index contributed by atoms with van der Waals surface area (Å²) in [6.45, 7) is 2.78. The summed E-state index contributed by atoms with van der Waals surface area (Å²) < 4.78 is 10.1. The van der Waals surface area contributed by atoms with Gasteiger partial charge in [-0.2, -0.15) is 0 Å². The molecule has 0 unspecified atom stereocenters. The van der Waals surface area contributed by atoms with Crippen LogP contribution in [0.4, 0.5) is 5.88 Å². The van der Waals surface area contributed by atoms with Crippen molar-refractivity contribution in [2.24, 2.45) is 0 Å². The highest BCUT2D eigenvalue weighted by atomic mass is 35.5. The number of carbonyl (C=O) groups excluding carboxylic acids is 1. The average molecular weight is 248 g/mol. The van der Waals surface area contributed by atoms with Gasteiger partial charge in [-0.1, -0.05) is 0 Å². The number of carbonyl (C=O) groups is 1. The monoisotopic (exact) mass is 247 g/mol. The molecule has 0 spiro atoms. The molecule has 16 heavy (non-hydrogen) atoms. The maximum Gasteiger partial charge on any atom is 0.305 e. The molecule has 1 fully saturated rings. The summed E-state index contributed by atoms with van der Waals surface area (Å²) in [7, 11) is 0. The molecule has 1 N–H and O–H groups in total. The molecule has 0 aliphatic carbocycles. The van der Waals surface area contributed by atoms with Crippen molar-refractivity contribution in [2.45, 2.75) is 0 Å². The molecule has 0 bridgehead atoms. The zero-order valence-corrected chi connectivity index (χ0v) is 9.31. The van der Waals surface area contributed by atoms with Gasteiger partial charge in [-0.25, -0.2) is 0 Å². The van der Waals surface area contributed by atoms with E-state index >= 15 is 0 Å². The first-order valence-corrected chi connectivity index (χ1v) is 5.40. The topological polar surface area (TPSA) is 71.5 Å². The fraction of sp³-hybridized carbons (Fsp3) is 0.625. The normalized spacial score (nSPS) is 16.2. The Kier molecular flexibility index (Phi) is 3.58. The van der Waals surface area contributed by atoms with Crippen molar-refractivity contribution in [2.75, 3.05) is 42.5 Å². The first kappa shape index (κ1) is 11.2. The van der Waals surface area contributed by atoms with Crippen LogP contribution in [0.15, 0.2) is 10.7 Å². The second-order valence-electron chi connectivity index (χ2n) is 3.23. The van der Waals surface area contributed by atoms with Gasteiger partial charge in [-0.05, 0) is 0 Å². The number of morpholine rings is 1. The Bertz CT molecular complexity index is 364. The summed E-state index contributed by atoms with van der Waals surface area (Å²) in [4.78, 5) is 12.5. The molecule has 0 saturated carbocycles. The maximum absolute atomic E-state index is 11.0. The minimum atomic E-state index is -0.327. The molecule has 1 aromatic rings. The predicted octanol–water partition coefficient (Wildman–Crippen LogP) is -0.892. The van der Waals surface area contributed by atoms with Gasteiger partial charge >= 0.3 is 5.88 Å². The molecule has 0 aromatic carbocycles. The number of anilines is 1. The molecular formula is C8H12ClN4O3+. The van der Waals surface area contributed by atoms with Crippen molar-refractivity contribution < 1.29 is 18.8 Å². The van der Waals surface area contributed by atoms with E-state index in [4.69, 9.17) is 20.9 Å². The summed E-state index contributed by atoms with van der Waals surface area (Å²) in [5.41, 5.74) is 0. The molecule has 1 aliphatic heterocycles. The second kappa shape index (κ2) is 5.13. The Morgan fingerprint density at radius 2 is 2.38 bits per heavy atom. The third kappa shape index (κ3) is 2.61. The highest BCUT2D eigenvalue weighted by molar-refractivity contribution is 6.28. The number of halogens is 1. The lowest BCUT2D eigenvalue weighted by Crippen LogP contribution is -2.62. The summed E-state index contributed by atoms with van der Waals surface area (Å²) in [6, 6.07) is 0. The lowest BCUT2D eigenvalue weighted by atomic mass is 10.5. The van der Waals surface area contributed by atoms with Crippen LogP contribution in [0.5, 0.6) is 0 Å². The number of hydrogen-bond donors (Lipinski definition) is 1. The predicted molar refractivity (Wildman–Crippen MR) is 54.8 cm³/mol. The number of ether oxygens (including phenoxy) is 1. The molecule has 1 saturated heterocycles. The fourth-order valence-corrected chi connectivity index (χ4v) is 1.42. The molecule has 2 heterocycles. The zero-order chi connectivity index (χ0) is 11.4. The van der Waals surface area contributed by atoms with Gasteiger partial charge in [0.15, 0.2) is 0 Å². The van der Waals surface area contributed by atoms with Crippen molar-refractivity contribution in [1.82, 2.24) is 5.27 Å². The van der Waals surface area contributed by atoms with Crippen LogP contribution in [0.25, 0.3) is 0 Å². The smallest absolute Gasteiger partial charge is 0.305 e. The average Bonchev–Trinajstić information content (AvgIpc) is 2.78. The first-order valence-electron chi connectivity index (χ1n) is 4.87. The van der Waals surface area contributed by atoms with Crippen LogP contribution in [0.2, 0.25) is 0 Å². The van der Waals surface area contributed by atoms with Crippen LogP contribution in [-0.4, -0.2) is 43.4 Å². The van der Waals surface area contributed by atoms with Crippen molar-refractivity contribution >= 4 is 23.4 Å². The number of nitrogens with zero attached hydrogens (tertiary/aromatic N) is 3. The third-order valence-electron chi connectivity index (χ3n) is 2.12. The molecule has 0 atom stereocenters. The van der Waals surface area contributed by atoms with Gasteiger partial charge in [-0.3, -0.25) is 14.6 Å². The first-order chi connectivity index (χ1) is 7.79. The lowest BCUT2D eigenvalue weighted by Gasteiger charge is -2.18. The van der Waals surface area contributed by atoms with E-state index in [1.165, 1.54) is 0 Å². The van der Waals surface area contributed by atoms with E-state index in [-0.39, 0.29) is 17.7 Å². The van der Waals surface area contributed by atoms with Crippen LogP contribution >= 0.6 is 11.6 Å². The van der Waals surface area contributed by atoms with Gasteiger partial charge in [0.2, 0.25) is 11.2 Å². The molecular weight excluding hydrogens is 236 g/mol. The van der Waals surface area contributed by atoms with Crippen molar-refractivity contribution in [3.8, 4) is 0 Å². The van der Waals surface area contributed by atoms with E-state index in [0.29, 0.717) is 13.2 Å². The molecule has 0 radical (unpaired) electrons. The Balaban J connectivity index is 1.98. The van der Waals surface area contributed by atoms with E-state index in [2.05, 4.69) is 10.6 Å². The number of amides is 1. The highest BCUT2D eigenvalue weighted by Gasteiger charge is 2.23. The molecule has 8 heteroatoms. The van der Waals surface area contributed by atoms with Gasteiger partial charge in [0.25, 0.3) is 6.20 Å². The molecule has 88 valence electrons. The summed E-state index contributed by atoms with van der Waals surface area (Å²) in [5, 5.41) is 8.20. The number of nitrogens with one attached hydrogen (secondary N) is 1. The van der Waals surface area contributed by atoms with E-state index in [1.54, 1.807) is 11.0 Å². The Hall–Kier alpha value is -1.34. The fourth-order valence-electron chi connectivity index (χ4n) is 1.36. The number of hydrogen-bond acceptors (Lipinski definition) is 5. The number of alkyl halides is 1. The minimum absolute atomic E-state index is 0.113. The van der Waals surface area contributed by atoms with Gasteiger partial charge in [0.1, 0.15) is 5.88 Å². The molecule has 1 aromatic heterocycles. The minimum Gasteiger partial charge on any atom is -0.377 e. The van der Waals surface area contributed by atoms with Gasteiger partial charge in [-0.15, -0.1) is 16.6 Å². The van der Waals surface area contributed by atoms with Crippen molar-refractivity contribution in [3.05, 3.63) is 6.20 Å². The van der Waals surface area contributed by atoms with Crippen LogP contribution in [0.1, 0.15) is 0 Å². The SMILES string of the molecule is O=C(CCl)Nc1c[n+](N2CCOCC2)no1. The second-order valence-corrected chi connectivity index (χ2v) is 3.50. The molecule has 7 nitrogen and oxygen atoms in total. The highest BCUT2D eigenvalue weighted by Crippen LogP contribution is 2.01. The van der Waals surface area contributed by atoms with E-state index in [9.17, 15) is 4.79 Å². The Labute approximate surface area is 96.8 Å². The Morgan fingerprint density at radius 3 is 3.06 bits per heavy atom. The van der Waals surface area contributed by atoms with Crippen LogP contribution in [0.3, 0.4) is 0 Å². The largest absolute Gasteiger partial charge is 0.377 e. The number of aromatic nitrogens is 2. The van der Waals surface area contributed by atoms with Crippen LogP contribution in [-0.2, 0) is 9.53 Å². The maximum atomic E-state index is 11.0. The summed E-state index contributed by atoms with van der Waals surface area (Å²) >= 11 is 5.35. The van der Waals surface area contributed by atoms with Crippen molar-refractivity contribution in [1.29, 1.82) is 0 Å². The van der Waals surface area contributed by atoms with Crippen LogP contribution < -0.4 is 15.1 Å². The zero-order valence-electron chi connectivity index (χ0n) is 8.56.